The van der Waals surface area contributed by atoms with Crippen LogP contribution in [0.1, 0.15) is 54.4 Å². The van der Waals surface area contributed by atoms with E-state index in [2.05, 4.69) is 56.2 Å². The highest BCUT2D eigenvalue weighted by Crippen LogP contribution is 2.36. The number of fused-ring (bicyclic) bond motifs is 3. The van der Waals surface area contributed by atoms with Crippen molar-refractivity contribution < 1.29 is 0 Å². The summed E-state index contributed by atoms with van der Waals surface area (Å²) < 4.78 is 0. The SMILES string of the molecule is CC(C)(C)C1CN(CN2CC3CCC2CN3C(C)(C)C)C1. The van der Waals surface area contributed by atoms with Gasteiger partial charge in [-0.3, -0.25) is 14.7 Å². The zero-order valence-corrected chi connectivity index (χ0v) is 15.0. The third-order valence-electron chi connectivity index (χ3n) is 6.07. The van der Waals surface area contributed by atoms with E-state index < -0.39 is 0 Å². The van der Waals surface area contributed by atoms with Gasteiger partial charge in [-0.25, -0.2) is 0 Å². The predicted octanol–water partition coefficient (Wildman–Crippen LogP) is 2.87. The Labute approximate surface area is 131 Å². The van der Waals surface area contributed by atoms with Crippen molar-refractivity contribution in [3.63, 3.8) is 0 Å². The second kappa shape index (κ2) is 5.21. The summed E-state index contributed by atoms with van der Waals surface area (Å²) >= 11 is 0. The van der Waals surface area contributed by atoms with Crippen LogP contribution < -0.4 is 0 Å². The Hall–Kier alpha value is -0.120. The standard InChI is InChI=1S/C18H35N3/c1-17(2,3)14-9-19(10-14)13-20-11-16-8-7-15(20)12-21(16)18(4,5)6/h14-16H,7-13H2,1-6H3. The molecule has 0 aromatic rings. The molecule has 4 heterocycles. The highest BCUT2D eigenvalue weighted by atomic mass is 15.4. The first kappa shape index (κ1) is 15.8. The minimum Gasteiger partial charge on any atom is -0.293 e. The molecule has 0 radical (unpaired) electrons. The molecule has 4 saturated heterocycles. The Bertz CT molecular complexity index is 373. The van der Waals surface area contributed by atoms with Gasteiger partial charge in [-0.15, -0.1) is 0 Å². The van der Waals surface area contributed by atoms with Gasteiger partial charge in [0.25, 0.3) is 0 Å². The molecule has 122 valence electrons. The molecule has 3 nitrogen and oxygen atoms in total. The van der Waals surface area contributed by atoms with E-state index in [4.69, 9.17) is 0 Å². The average Bonchev–Trinajstić information content (AvgIpc) is 2.31. The van der Waals surface area contributed by atoms with E-state index in [-0.39, 0.29) is 0 Å². The van der Waals surface area contributed by atoms with Crippen molar-refractivity contribution in [2.75, 3.05) is 32.8 Å². The van der Waals surface area contributed by atoms with Crippen LogP contribution in [0.15, 0.2) is 0 Å². The second-order valence-electron chi connectivity index (χ2n) is 9.72. The van der Waals surface area contributed by atoms with Gasteiger partial charge in [-0.1, -0.05) is 20.8 Å². The van der Waals surface area contributed by atoms with Crippen LogP contribution in [0.25, 0.3) is 0 Å². The molecule has 2 bridgehead atoms. The van der Waals surface area contributed by atoms with Gasteiger partial charge in [0.2, 0.25) is 0 Å². The van der Waals surface area contributed by atoms with Crippen molar-refractivity contribution in [2.45, 2.75) is 72.0 Å². The first-order valence-corrected chi connectivity index (χ1v) is 8.88. The molecule has 4 aliphatic rings. The second-order valence-corrected chi connectivity index (χ2v) is 9.72. The van der Waals surface area contributed by atoms with Gasteiger partial charge in [-0.2, -0.15) is 0 Å². The molecule has 0 aromatic heterocycles. The lowest BCUT2D eigenvalue weighted by Crippen LogP contribution is -2.68. The van der Waals surface area contributed by atoms with E-state index in [1.807, 2.05) is 0 Å². The van der Waals surface area contributed by atoms with E-state index in [0.29, 0.717) is 11.0 Å². The third kappa shape index (κ3) is 3.16. The van der Waals surface area contributed by atoms with Crippen molar-refractivity contribution in [3.05, 3.63) is 0 Å². The molecule has 4 aliphatic heterocycles. The van der Waals surface area contributed by atoms with Gasteiger partial charge >= 0.3 is 0 Å². The quantitative estimate of drug-likeness (QED) is 0.775. The van der Waals surface area contributed by atoms with Gasteiger partial charge in [-0.05, 0) is 44.9 Å². The largest absolute Gasteiger partial charge is 0.293 e. The van der Waals surface area contributed by atoms with Crippen molar-refractivity contribution in [3.8, 4) is 0 Å². The predicted molar refractivity (Wildman–Crippen MR) is 89.4 cm³/mol. The fourth-order valence-electron chi connectivity index (χ4n) is 4.40. The van der Waals surface area contributed by atoms with Crippen LogP contribution in [0.2, 0.25) is 0 Å². The van der Waals surface area contributed by atoms with Crippen molar-refractivity contribution in [1.82, 2.24) is 14.7 Å². The molecule has 0 amide bonds. The first-order chi connectivity index (χ1) is 9.64. The molecule has 0 N–H and O–H groups in total. The smallest absolute Gasteiger partial charge is 0.0510 e. The van der Waals surface area contributed by atoms with Crippen LogP contribution >= 0.6 is 0 Å². The van der Waals surface area contributed by atoms with E-state index in [1.165, 1.54) is 45.7 Å². The Morgan fingerprint density at radius 1 is 0.810 bits per heavy atom. The highest BCUT2D eigenvalue weighted by molar-refractivity contribution is 4.99. The van der Waals surface area contributed by atoms with E-state index in [1.54, 1.807) is 0 Å². The first-order valence-electron chi connectivity index (χ1n) is 8.88. The maximum absolute atomic E-state index is 2.77. The number of nitrogens with zero attached hydrogens (tertiary/aromatic N) is 3. The summed E-state index contributed by atoms with van der Waals surface area (Å²) in [6, 6.07) is 1.58. The van der Waals surface area contributed by atoms with Crippen molar-refractivity contribution in [2.24, 2.45) is 11.3 Å². The summed E-state index contributed by atoms with van der Waals surface area (Å²) in [7, 11) is 0. The molecule has 2 atom stereocenters. The summed E-state index contributed by atoms with van der Waals surface area (Å²) in [5.41, 5.74) is 0.823. The minimum absolute atomic E-state index is 0.337. The zero-order chi connectivity index (χ0) is 15.4. The molecule has 0 saturated carbocycles. The topological polar surface area (TPSA) is 9.72 Å². The minimum atomic E-state index is 0.337. The number of hydrogen-bond donors (Lipinski definition) is 0. The molecule has 0 spiro atoms. The van der Waals surface area contributed by atoms with Crippen LogP contribution in [0, 0.1) is 11.3 Å². The number of likely N-dealkylation sites (tertiary alicyclic amines) is 1. The van der Waals surface area contributed by atoms with Gasteiger partial charge < -0.3 is 0 Å². The lowest BCUT2D eigenvalue weighted by molar-refractivity contribution is -0.100. The molecule has 0 aliphatic carbocycles. The molecule has 4 fully saturated rings. The number of piperazine rings is 1. The van der Waals surface area contributed by atoms with E-state index in [0.717, 1.165) is 18.0 Å². The summed E-state index contributed by atoms with van der Waals surface area (Å²) in [4.78, 5) is 8.19. The summed E-state index contributed by atoms with van der Waals surface area (Å²) in [6.07, 6.45) is 2.82. The summed E-state index contributed by atoms with van der Waals surface area (Å²) in [5.74, 6) is 0.894. The lowest BCUT2D eigenvalue weighted by atomic mass is 9.76. The molecule has 21 heavy (non-hydrogen) atoms. The maximum atomic E-state index is 2.77. The molecule has 2 unspecified atom stereocenters. The fourth-order valence-corrected chi connectivity index (χ4v) is 4.40. The van der Waals surface area contributed by atoms with Crippen LogP contribution in [0.4, 0.5) is 0 Å². The van der Waals surface area contributed by atoms with Crippen LogP contribution in [0.5, 0.6) is 0 Å². The van der Waals surface area contributed by atoms with Crippen LogP contribution in [-0.4, -0.2) is 65.2 Å². The Morgan fingerprint density at radius 3 is 1.90 bits per heavy atom. The van der Waals surface area contributed by atoms with Crippen LogP contribution in [0.3, 0.4) is 0 Å². The van der Waals surface area contributed by atoms with Gasteiger partial charge in [0.15, 0.2) is 0 Å². The Kier molecular flexibility index (Phi) is 3.91. The maximum Gasteiger partial charge on any atom is 0.0510 e. The fraction of sp³-hybridized carbons (Fsp3) is 1.00. The van der Waals surface area contributed by atoms with Crippen molar-refractivity contribution in [1.29, 1.82) is 0 Å². The molecule has 3 heteroatoms. The normalized spacial score (nSPS) is 33.4. The van der Waals surface area contributed by atoms with Crippen LogP contribution in [-0.2, 0) is 0 Å². The van der Waals surface area contributed by atoms with E-state index >= 15 is 0 Å². The van der Waals surface area contributed by atoms with E-state index in [9.17, 15) is 0 Å². The van der Waals surface area contributed by atoms with Gasteiger partial charge in [0, 0.05) is 43.8 Å². The highest BCUT2D eigenvalue weighted by Gasteiger charge is 2.44. The molecule has 0 aromatic carbocycles. The summed E-state index contributed by atoms with van der Waals surface area (Å²) in [6.45, 7) is 20.7. The number of hydrogen-bond acceptors (Lipinski definition) is 3. The Balaban J connectivity index is 1.52. The lowest BCUT2D eigenvalue weighted by Gasteiger charge is -2.58. The van der Waals surface area contributed by atoms with Gasteiger partial charge in [0.05, 0.1) is 6.67 Å². The third-order valence-corrected chi connectivity index (χ3v) is 6.07. The van der Waals surface area contributed by atoms with Gasteiger partial charge in [0.1, 0.15) is 0 Å². The molecular formula is C18H35N3. The molecule has 4 rings (SSSR count). The molecular weight excluding hydrogens is 258 g/mol. The monoisotopic (exact) mass is 293 g/mol. The Morgan fingerprint density at radius 2 is 1.43 bits per heavy atom. The number of piperidine rings is 2. The van der Waals surface area contributed by atoms with Crippen molar-refractivity contribution >= 4 is 0 Å². The summed E-state index contributed by atoms with van der Waals surface area (Å²) in [5, 5.41) is 0. The average molecular weight is 293 g/mol. The number of rotatable bonds is 2. The zero-order valence-electron chi connectivity index (χ0n) is 15.0.